The Morgan fingerprint density at radius 1 is 1.32 bits per heavy atom. The molecule has 6 nitrogen and oxygen atoms in total. The van der Waals surface area contributed by atoms with Crippen LogP contribution >= 0.6 is 0 Å². The molecule has 1 aromatic heterocycles. The largest absolute Gasteiger partial charge is 0.497 e. The lowest BCUT2D eigenvalue weighted by Gasteiger charge is -2.17. The van der Waals surface area contributed by atoms with E-state index in [4.69, 9.17) is 4.74 Å². The molecule has 3 rings (SSSR count). The smallest absolute Gasteiger partial charge is 0.227 e. The van der Waals surface area contributed by atoms with E-state index in [1.807, 2.05) is 54.9 Å². The van der Waals surface area contributed by atoms with E-state index in [0.29, 0.717) is 18.8 Å². The summed E-state index contributed by atoms with van der Waals surface area (Å²) in [5.74, 6) is 0.234. The minimum Gasteiger partial charge on any atom is -0.497 e. The van der Waals surface area contributed by atoms with E-state index in [-0.39, 0.29) is 24.2 Å². The molecule has 0 spiro atoms. The Bertz CT molecular complexity index is 797. The third kappa shape index (κ3) is 3.52. The number of ether oxygens (including phenoxy) is 1. The van der Waals surface area contributed by atoms with Gasteiger partial charge in [-0.3, -0.25) is 9.59 Å². The van der Waals surface area contributed by atoms with Crippen LogP contribution in [-0.2, 0) is 23.2 Å². The molecule has 1 atom stereocenters. The average Bonchev–Trinajstić information content (AvgIpc) is 3.16. The Kier molecular flexibility index (Phi) is 4.79. The summed E-state index contributed by atoms with van der Waals surface area (Å²) in [6.45, 7) is 2.88. The van der Waals surface area contributed by atoms with Crippen LogP contribution in [0.5, 0.6) is 5.75 Å². The highest BCUT2D eigenvalue weighted by molar-refractivity contribution is 6.00. The lowest BCUT2D eigenvalue weighted by atomic mass is 10.1. The molecule has 1 aromatic carbocycles. The minimum atomic E-state index is -0.333. The fourth-order valence-electron chi connectivity index (χ4n) is 3.08. The van der Waals surface area contributed by atoms with Crippen molar-refractivity contribution < 1.29 is 14.3 Å². The number of carbonyl (C=O) groups excluding carboxylic acids is 2. The zero-order chi connectivity index (χ0) is 18.0. The summed E-state index contributed by atoms with van der Waals surface area (Å²) in [4.78, 5) is 26.4. The first-order chi connectivity index (χ1) is 12.0. The Hall–Kier alpha value is -2.76. The molecule has 0 unspecified atom stereocenters. The van der Waals surface area contributed by atoms with E-state index < -0.39 is 0 Å². The number of amides is 2. The van der Waals surface area contributed by atoms with Gasteiger partial charge in [-0.05, 0) is 31.2 Å². The first-order valence-corrected chi connectivity index (χ1v) is 8.33. The highest BCUT2D eigenvalue weighted by Gasteiger charge is 2.35. The van der Waals surface area contributed by atoms with Gasteiger partial charge in [-0.2, -0.15) is 0 Å². The normalized spacial score (nSPS) is 17.0. The third-order valence-corrected chi connectivity index (χ3v) is 4.78. The van der Waals surface area contributed by atoms with Crippen molar-refractivity contribution in [1.29, 1.82) is 0 Å². The molecule has 2 amide bonds. The van der Waals surface area contributed by atoms with Gasteiger partial charge in [-0.25, -0.2) is 0 Å². The third-order valence-electron chi connectivity index (χ3n) is 4.78. The fraction of sp³-hybridized carbons (Fsp3) is 0.368. The fourth-order valence-corrected chi connectivity index (χ4v) is 3.08. The number of hydrogen-bond donors (Lipinski definition) is 1. The van der Waals surface area contributed by atoms with Crippen molar-refractivity contribution in [3.63, 3.8) is 0 Å². The van der Waals surface area contributed by atoms with Gasteiger partial charge in [0.1, 0.15) is 5.75 Å². The molecule has 0 radical (unpaired) electrons. The molecule has 1 aliphatic rings. The Balaban J connectivity index is 1.63. The van der Waals surface area contributed by atoms with E-state index in [2.05, 4.69) is 5.32 Å². The topological polar surface area (TPSA) is 63.6 Å². The number of methoxy groups -OCH3 is 1. The maximum atomic E-state index is 12.5. The van der Waals surface area contributed by atoms with Crippen LogP contribution in [0, 0.1) is 12.8 Å². The standard InChI is InChI=1S/C19H23N3O3/c1-13-7-8-16(21(13)2)11-20-19(24)14-9-18(23)22(12-14)15-5-4-6-17(10-15)25-3/h4-8,10,14H,9,11-12H2,1-3H3,(H,20,24)/t14-/m0/s1. The molecule has 1 N–H and O–H groups in total. The number of nitrogens with one attached hydrogen (secondary N) is 1. The number of rotatable bonds is 5. The highest BCUT2D eigenvalue weighted by atomic mass is 16.5. The van der Waals surface area contributed by atoms with Gasteiger partial charge in [0.2, 0.25) is 11.8 Å². The van der Waals surface area contributed by atoms with Gasteiger partial charge >= 0.3 is 0 Å². The van der Waals surface area contributed by atoms with Gasteiger partial charge in [0.25, 0.3) is 0 Å². The Morgan fingerprint density at radius 3 is 2.80 bits per heavy atom. The van der Waals surface area contributed by atoms with Crippen LogP contribution in [0.4, 0.5) is 5.69 Å². The number of carbonyl (C=O) groups is 2. The molecule has 1 saturated heterocycles. The van der Waals surface area contributed by atoms with Crippen molar-refractivity contribution in [3.05, 3.63) is 47.8 Å². The number of aryl methyl sites for hydroxylation is 1. The molecule has 0 bridgehead atoms. The summed E-state index contributed by atoms with van der Waals surface area (Å²) in [6, 6.07) is 11.4. The molecule has 2 aromatic rings. The molecule has 0 aliphatic carbocycles. The predicted molar refractivity (Wildman–Crippen MR) is 95.5 cm³/mol. The van der Waals surface area contributed by atoms with Crippen molar-refractivity contribution >= 4 is 17.5 Å². The van der Waals surface area contributed by atoms with Crippen LogP contribution in [0.1, 0.15) is 17.8 Å². The number of benzene rings is 1. The molecule has 132 valence electrons. The number of hydrogen-bond acceptors (Lipinski definition) is 3. The molecular weight excluding hydrogens is 318 g/mol. The van der Waals surface area contributed by atoms with E-state index in [0.717, 1.165) is 17.1 Å². The zero-order valence-corrected chi connectivity index (χ0v) is 14.8. The van der Waals surface area contributed by atoms with Crippen LogP contribution in [0.25, 0.3) is 0 Å². The monoisotopic (exact) mass is 341 g/mol. The molecular formula is C19H23N3O3. The second-order valence-corrected chi connectivity index (χ2v) is 6.35. The van der Waals surface area contributed by atoms with E-state index in [9.17, 15) is 9.59 Å². The van der Waals surface area contributed by atoms with Crippen molar-refractivity contribution in [3.8, 4) is 5.75 Å². The molecule has 1 fully saturated rings. The summed E-state index contributed by atoms with van der Waals surface area (Å²) in [7, 11) is 3.56. The molecule has 6 heteroatoms. The van der Waals surface area contributed by atoms with Crippen molar-refractivity contribution in [1.82, 2.24) is 9.88 Å². The molecule has 25 heavy (non-hydrogen) atoms. The maximum absolute atomic E-state index is 12.5. The second kappa shape index (κ2) is 7.01. The summed E-state index contributed by atoms with van der Waals surface area (Å²) in [5.41, 5.74) is 2.95. The quantitative estimate of drug-likeness (QED) is 0.905. The van der Waals surface area contributed by atoms with Crippen molar-refractivity contribution in [2.45, 2.75) is 19.9 Å². The summed E-state index contributed by atoms with van der Waals surface area (Å²) < 4.78 is 7.25. The maximum Gasteiger partial charge on any atom is 0.227 e. The van der Waals surface area contributed by atoms with Crippen LogP contribution in [0.3, 0.4) is 0 Å². The highest BCUT2D eigenvalue weighted by Crippen LogP contribution is 2.28. The van der Waals surface area contributed by atoms with Crippen LogP contribution in [0.15, 0.2) is 36.4 Å². The van der Waals surface area contributed by atoms with Crippen molar-refractivity contribution in [2.24, 2.45) is 13.0 Å². The van der Waals surface area contributed by atoms with Gasteiger partial charge in [0.05, 0.1) is 19.6 Å². The minimum absolute atomic E-state index is 0.0388. The summed E-state index contributed by atoms with van der Waals surface area (Å²) in [6.07, 6.45) is 0.231. The van der Waals surface area contributed by atoms with E-state index in [1.54, 1.807) is 12.0 Å². The van der Waals surface area contributed by atoms with Crippen LogP contribution < -0.4 is 15.0 Å². The lowest BCUT2D eigenvalue weighted by Crippen LogP contribution is -2.33. The first kappa shape index (κ1) is 17.1. The van der Waals surface area contributed by atoms with Crippen molar-refractivity contribution in [2.75, 3.05) is 18.6 Å². The second-order valence-electron chi connectivity index (χ2n) is 6.35. The van der Waals surface area contributed by atoms with Gasteiger partial charge in [-0.15, -0.1) is 0 Å². The van der Waals surface area contributed by atoms with Gasteiger partial charge < -0.3 is 19.5 Å². The number of anilines is 1. The van der Waals surface area contributed by atoms with E-state index >= 15 is 0 Å². The first-order valence-electron chi connectivity index (χ1n) is 8.33. The van der Waals surface area contributed by atoms with Gasteiger partial charge in [-0.1, -0.05) is 6.07 Å². The van der Waals surface area contributed by atoms with E-state index in [1.165, 1.54) is 0 Å². The predicted octanol–water partition coefficient (Wildman–Crippen LogP) is 2.01. The Morgan fingerprint density at radius 2 is 2.12 bits per heavy atom. The molecule has 0 saturated carbocycles. The Labute approximate surface area is 147 Å². The molecule has 1 aliphatic heterocycles. The zero-order valence-electron chi connectivity index (χ0n) is 14.8. The number of aromatic nitrogens is 1. The SMILES string of the molecule is COc1cccc(N2C[C@@H](C(=O)NCc3ccc(C)n3C)CC2=O)c1. The van der Waals surface area contributed by atoms with Gasteiger partial charge in [0, 0.05) is 43.2 Å². The van der Waals surface area contributed by atoms with Crippen LogP contribution in [0.2, 0.25) is 0 Å². The summed E-state index contributed by atoms with van der Waals surface area (Å²) >= 11 is 0. The van der Waals surface area contributed by atoms with Crippen LogP contribution in [-0.4, -0.2) is 30.0 Å². The number of nitrogens with zero attached hydrogens (tertiary/aromatic N) is 2. The van der Waals surface area contributed by atoms with Gasteiger partial charge in [0.15, 0.2) is 0 Å². The lowest BCUT2D eigenvalue weighted by molar-refractivity contribution is -0.126. The summed E-state index contributed by atoms with van der Waals surface area (Å²) in [5, 5.41) is 2.95. The average molecular weight is 341 g/mol. The molecule has 2 heterocycles.